The van der Waals surface area contributed by atoms with E-state index in [1.54, 1.807) is 24.3 Å². The summed E-state index contributed by atoms with van der Waals surface area (Å²) in [5.41, 5.74) is 8.38. The number of nitrogens with one attached hydrogen (secondary N) is 1. The van der Waals surface area contributed by atoms with Crippen molar-refractivity contribution < 1.29 is 4.79 Å². The Morgan fingerprint density at radius 3 is 2.19 bits per heavy atom. The number of aromatic nitrogens is 1. The maximum absolute atomic E-state index is 12.2. The van der Waals surface area contributed by atoms with E-state index in [2.05, 4.69) is 21.8 Å². The number of carbonyl (C=O) groups is 1. The molecule has 5 nitrogen and oxygen atoms in total. The monoisotopic (exact) mass is 412 g/mol. The molecule has 3 aromatic rings. The van der Waals surface area contributed by atoms with E-state index in [9.17, 15) is 4.79 Å². The van der Waals surface area contributed by atoms with Crippen molar-refractivity contribution in [2.45, 2.75) is 13.5 Å². The standard InChI is InChI=1S/C20H20N4O.BrH/c1-2-24-13-11-19(12-14-24)22-17-7-9-18(10-8-17)23-20(25)15-3-5-16(21)6-4-15;/h3-14H,2,21H2,1H3,(H,23,25);1H. The van der Waals surface area contributed by atoms with E-state index in [-0.39, 0.29) is 22.9 Å². The summed E-state index contributed by atoms with van der Waals surface area (Å²) in [5.74, 6) is -0.170. The Labute approximate surface area is 163 Å². The normalized spacial score (nSPS) is 9.88. The van der Waals surface area contributed by atoms with E-state index >= 15 is 0 Å². The van der Waals surface area contributed by atoms with Gasteiger partial charge in [0.05, 0.1) is 11.0 Å². The van der Waals surface area contributed by atoms with Crippen LogP contribution in [-0.4, -0.2) is 10.5 Å². The van der Waals surface area contributed by atoms with Crippen molar-refractivity contribution in [3.8, 4) is 0 Å². The highest BCUT2D eigenvalue weighted by atomic mass is 79.9. The molecule has 0 spiro atoms. The quantitative estimate of drug-likeness (QED) is 0.631. The molecule has 2 aromatic carbocycles. The van der Waals surface area contributed by atoms with Gasteiger partial charge in [0.1, 0.15) is 0 Å². The third-order valence-electron chi connectivity index (χ3n) is 3.79. The van der Waals surface area contributed by atoms with Crippen LogP contribution < -0.4 is 16.4 Å². The molecule has 3 N–H and O–H groups in total. The number of nitrogens with two attached hydrogens (primary N) is 1. The lowest BCUT2D eigenvalue weighted by Crippen LogP contribution is -2.11. The number of anilines is 2. The summed E-state index contributed by atoms with van der Waals surface area (Å²) in [4.78, 5) is 16.7. The van der Waals surface area contributed by atoms with E-state index in [0.29, 0.717) is 11.3 Å². The molecule has 0 aliphatic rings. The summed E-state index contributed by atoms with van der Waals surface area (Å²) in [7, 11) is 0. The summed E-state index contributed by atoms with van der Waals surface area (Å²) in [6.45, 7) is 3.02. The molecule has 134 valence electrons. The van der Waals surface area contributed by atoms with Gasteiger partial charge in [0, 0.05) is 35.9 Å². The lowest BCUT2D eigenvalue weighted by atomic mass is 10.2. The molecule has 0 atom stereocenters. The molecule has 0 saturated heterocycles. The lowest BCUT2D eigenvalue weighted by Gasteiger charge is -2.06. The Morgan fingerprint density at radius 1 is 1.00 bits per heavy atom. The summed E-state index contributed by atoms with van der Waals surface area (Å²) in [6, 6.07) is 18.2. The van der Waals surface area contributed by atoms with Gasteiger partial charge in [-0.25, -0.2) is 4.99 Å². The van der Waals surface area contributed by atoms with Crippen LogP contribution in [0.3, 0.4) is 0 Å². The molecular weight excluding hydrogens is 392 g/mol. The SMILES string of the molecule is Br.CCn1ccc(=Nc2ccc(NC(=O)c3ccc(N)cc3)cc2)cc1. The van der Waals surface area contributed by atoms with Gasteiger partial charge in [0.25, 0.3) is 5.91 Å². The third-order valence-corrected chi connectivity index (χ3v) is 3.79. The van der Waals surface area contributed by atoms with Crippen molar-refractivity contribution in [2.75, 3.05) is 11.1 Å². The second kappa shape index (κ2) is 9.01. The fraction of sp³-hybridized carbons (Fsp3) is 0.100. The first kappa shape index (κ1) is 19.5. The number of amides is 1. The number of hydrogen-bond donors (Lipinski definition) is 2. The van der Waals surface area contributed by atoms with Gasteiger partial charge in [-0.3, -0.25) is 4.79 Å². The van der Waals surface area contributed by atoms with Crippen molar-refractivity contribution in [1.29, 1.82) is 0 Å². The predicted octanol–water partition coefficient (Wildman–Crippen LogP) is 4.15. The molecular formula is C20H21BrN4O. The van der Waals surface area contributed by atoms with Crippen LogP contribution in [0.1, 0.15) is 17.3 Å². The maximum atomic E-state index is 12.2. The van der Waals surface area contributed by atoms with E-state index in [4.69, 9.17) is 5.73 Å². The molecule has 1 aromatic heterocycles. The average Bonchev–Trinajstić information content (AvgIpc) is 2.64. The minimum atomic E-state index is -0.170. The number of nitrogens with zero attached hydrogens (tertiary/aromatic N) is 2. The molecule has 0 fully saturated rings. The fourth-order valence-electron chi connectivity index (χ4n) is 2.34. The van der Waals surface area contributed by atoms with Crippen LogP contribution in [0.2, 0.25) is 0 Å². The van der Waals surface area contributed by atoms with Gasteiger partial charge in [-0.1, -0.05) is 0 Å². The first-order valence-corrected chi connectivity index (χ1v) is 8.12. The second-order valence-electron chi connectivity index (χ2n) is 5.62. The smallest absolute Gasteiger partial charge is 0.255 e. The Morgan fingerprint density at radius 2 is 1.62 bits per heavy atom. The van der Waals surface area contributed by atoms with E-state index < -0.39 is 0 Å². The number of pyridine rings is 1. The first-order valence-electron chi connectivity index (χ1n) is 8.12. The van der Waals surface area contributed by atoms with Crippen LogP contribution in [0.15, 0.2) is 78.0 Å². The van der Waals surface area contributed by atoms with Crippen molar-refractivity contribution in [2.24, 2.45) is 4.99 Å². The number of hydrogen-bond acceptors (Lipinski definition) is 3. The van der Waals surface area contributed by atoms with Gasteiger partial charge in [-0.05, 0) is 67.6 Å². The summed E-state index contributed by atoms with van der Waals surface area (Å²) < 4.78 is 2.08. The maximum Gasteiger partial charge on any atom is 0.255 e. The van der Waals surface area contributed by atoms with Crippen molar-refractivity contribution in [3.05, 3.63) is 84.0 Å². The summed E-state index contributed by atoms with van der Waals surface area (Å²) in [5, 5.41) is 3.75. The number of carbonyl (C=O) groups excluding carboxylic acids is 1. The minimum absolute atomic E-state index is 0. The van der Waals surface area contributed by atoms with Crippen LogP contribution in [0.5, 0.6) is 0 Å². The zero-order valence-electron chi connectivity index (χ0n) is 14.4. The molecule has 0 aliphatic heterocycles. The lowest BCUT2D eigenvalue weighted by molar-refractivity contribution is 0.102. The number of aryl methyl sites for hydroxylation is 1. The number of nitrogen functional groups attached to an aromatic ring is 1. The van der Waals surface area contributed by atoms with Crippen molar-refractivity contribution in [1.82, 2.24) is 4.57 Å². The Balaban J connectivity index is 0.00000243. The number of benzene rings is 2. The van der Waals surface area contributed by atoms with Crippen LogP contribution in [0, 0.1) is 0 Å². The number of halogens is 1. The Hall–Kier alpha value is -2.86. The van der Waals surface area contributed by atoms with Gasteiger partial charge >= 0.3 is 0 Å². The highest BCUT2D eigenvalue weighted by Crippen LogP contribution is 2.17. The second-order valence-corrected chi connectivity index (χ2v) is 5.62. The van der Waals surface area contributed by atoms with Crippen molar-refractivity contribution >= 4 is 40.0 Å². The average molecular weight is 413 g/mol. The minimum Gasteiger partial charge on any atom is -0.399 e. The van der Waals surface area contributed by atoms with Gasteiger partial charge in [0.15, 0.2) is 0 Å². The zero-order valence-corrected chi connectivity index (χ0v) is 16.1. The first-order chi connectivity index (χ1) is 12.1. The fourth-order valence-corrected chi connectivity index (χ4v) is 2.34. The van der Waals surface area contributed by atoms with Gasteiger partial charge in [-0.15, -0.1) is 17.0 Å². The molecule has 0 bridgehead atoms. The van der Waals surface area contributed by atoms with Crippen LogP contribution in [0.4, 0.5) is 17.1 Å². The summed E-state index contributed by atoms with van der Waals surface area (Å²) >= 11 is 0. The van der Waals surface area contributed by atoms with E-state index in [0.717, 1.165) is 23.3 Å². The van der Waals surface area contributed by atoms with Gasteiger partial charge in [0.2, 0.25) is 0 Å². The molecule has 0 unspecified atom stereocenters. The summed E-state index contributed by atoms with van der Waals surface area (Å²) in [6.07, 6.45) is 4.00. The Bertz CT molecular complexity index is 911. The predicted molar refractivity (Wildman–Crippen MR) is 111 cm³/mol. The van der Waals surface area contributed by atoms with Crippen molar-refractivity contribution in [3.63, 3.8) is 0 Å². The number of rotatable bonds is 4. The highest BCUT2D eigenvalue weighted by molar-refractivity contribution is 8.93. The molecule has 1 heterocycles. The molecule has 6 heteroatoms. The van der Waals surface area contributed by atoms with Crippen LogP contribution in [0.25, 0.3) is 0 Å². The molecule has 26 heavy (non-hydrogen) atoms. The van der Waals surface area contributed by atoms with Crippen LogP contribution in [-0.2, 0) is 6.54 Å². The molecule has 0 radical (unpaired) electrons. The largest absolute Gasteiger partial charge is 0.399 e. The van der Waals surface area contributed by atoms with Gasteiger partial charge in [-0.2, -0.15) is 0 Å². The van der Waals surface area contributed by atoms with E-state index in [1.807, 2.05) is 48.8 Å². The van der Waals surface area contributed by atoms with Crippen LogP contribution >= 0.6 is 17.0 Å². The topological polar surface area (TPSA) is 72.4 Å². The molecule has 0 aliphatic carbocycles. The highest BCUT2D eigenvalue weighted by Gasteiger charge is 2.05. The Kier molecular flexibility index (Phi) is 6.74. The van der Waals surface area contributed by atoms with Gasteiger partial charge < -0.3 is 15.6 Å². The molecule has 1 amide bonds. The van der Waals surface area contributed by atoms with E-state index in [1.165, 1.54) is 0 Å². The molecule has 0 saturated carbocycles. The molecule has 3 rings (SSSR count). The zero-order chi connectivity index (χ0) is 17.6. The third kappa shape index (κ3) is 5.07.